The molecule has 0 radical (unpaired) electrons. The lowest BCUT2D eigenvalue weighted by Crippen LogP contribution is -2.16. The second-order valence-electron chi connectivity index (χ2n) is 13.2. The maximum absolute atomic E-state index is 6.63. The van der Waals surface area contributed by atoms with Crippen LogP contribution in [0, 0.1) is 0 Å². The summed E-state index contributed by atoms with van der Waals surface area (Å²) in [4.78, 5) is 0. The number of ether oxygens (including phenoxy) is 7. The van der Waals surface area contributed by atoms with Crippen LogP contribution in [0.5, 0.6) is 23.0 Å². The molecule has 0 saturated carbocycles. The van der Waals surface area contributed by atoms with Crippen molar-refractivity contribution in [2.75, 3.05) is 52.9 Å². The van der Waals surface area contributed by atoms with Crippen LogP contribution in [0.2, 0.25) is 0 Å². The van der Waals surface area contributed by atoms with E-state index >= 15 is 0 Å². The summed E-state index contributed by atoms with van der Waals surface area (Å²) < 4.78 is 44.0. The average molecular weight is 667 g/mol. The maximum atomic E-state index is 6.63. The van der Waals surface area contributed by atoms with E-state index in [1.165, 1.54) is 0 Å². The molecule has 10 bridgehead atoms. The summed E-state index contributed by atoms with van der Waals surface area (Å²) in [5.74, 6) is 3.61. The van der Waals surface area contributed by atoms with E-state index in [1.807, 2.05) is 0 Å². The van der Waals surface area contributed by atoms with Gasteiger partial charge in [-0.3, -0.25) is 0 Å². The summed E-state index contributed by atoms with van der Waals surface area (Å²) in [6, 6.07) is 25.9. The van der Waals surface area contributed by atoms with Gasteiger partial charge in [0.2, 0.25) is 0 Å². The molecule has 0 spiro atoms. The van der Waals surface area contributed by atoms with Gasteiger partial charge in [-0.25, -0.2) is 0 Å². The molecule has 4 aromatic rings. The number of para-hydroxylation sites is 4. The molecule has 0 saturated heterocycles. The fourth-order valence-electron chi connectivity index (χ4n) is 6.58. The van der Waals surface area contributed by atoms with E-state index in [2.05, 4.69) is 100 Å². The van der Waals surface area contributed by atoms with Gasteiger partial charge >= 0.3 is 0 Å². The van der Waals surface area contributed by atoms with Gasteiger partial charge in [0.05, 0.1) is 51.8 Å². The van der Waals surface area contributed by atoms with Gasteiger partial charge in [0.15, 0.2) is 0 Å². The minimum Gasteiger partial charge on any atom is -0.491 e. The van der Waals surface area contributed by atoms with E-state index < -0.39 is 0 Å². The molecule has 1 aliphatic carbocycles. The van der Waals surface area contributed by atoms with Crippen LogP contribution in [0.4, 0.5) is 0 Å². The third-order valence-electron chi connectivity index (χ3n) is 8.64. The minimum atomic E-state index is 0.0101. The number of fused-ring (bicyclic) bond motifs is 2. The zero-order valence-corrected chi connectivity index (χ0v) is 29.4. The topological polar surface area (TPSA) is 64.6 Å². The smallest absolute Gasteiger partial charge is 0.126 e. The van der Waals surface area contributed by atoms with E-state index in [1.54, 1.807) is 0 Å². The zero-order valence-electron chi connectivity index (χ0n) is 29.4. The van der Waals surface area contributed by atoms with Gasteiger partial charge in [0.25, 0.3) is 0 Å². The number of hydrogen-bond donors (Lipinski definition) is 0. The standard InChI is InChI=1S/C42H50O7/c1-29(2)48-41-35-13-7-14-36(41)26-32-10-6-12-34-28-38-16-8-15-37(42(38)49-30(3)4)27-33-11-5-9-31(25-35)39(33)46-23-21-44-19-17-43-18-20-45-22-24-47-40(32)34/h5-16,29-30H,17-28H2,1-4H3. The van der Waals surface area contributed by atoms with E-state index in [4.69, 9.17) is 33.2 Å². The van der Waals surface area contributed by atoms with Crippen molar-refractivity contribution >= 4 is 0 Å². The Balaban J connectivity index is 1.55. The second-order valence-corrected chi connectivity index (χ2v) is 13.2. The molecule has 0 atom stereocenters. The summed E-state index contributed by atoms with van der Waals surface area (Å²) in [7, 11) is 0. The van der Waals surface area contributed by atoms with Crippen LogP contribution in [-0.2, 0) is 39.9 Å². The molecule has 0 N–H and O–H groups in total. The molecular formula is C42H50O7. The van der Waals surface area contributed by atoms with Crippen molar-refractivity contribution in [2.24, 2.45) is 0 Å². The molecule has 1 heterocycles. The summed E-state index contributed by atoms with van der Waals surface area (Å²) in [5.41, 5.74) is 8.90. The predicted molar refractivity (Wildman–Crippen MR) is 192 cm³/mol. The Morgan fingerprint density at radius 3 is 0.939 bits per heavy atom. The van der Waals surface area contributed by atoms with Crippen LogP contribution in [-0.4, -0.2) is 65.1 Å². The first kappa shape index (κ1) is 34.8. The largest absolute Gasteiger partial charge is 0.491 e. The number of benzene rings is 4. The van der Waals surface area contributed by atoms with Crippen molar-refractivity contribution in [1.29, 1.82) is 0 Å². The summed E-state index contributed by atoms with van der Waals surface area (Å²) >= 11 is 0. The van der Waals surface area contributed by atoms with Gasteiger partial charge in [0.1, 0.15) is 36.2 Å². The van der Waals surface area contributed by atoms with Crippen molar-refractivity contribution in [1.82, 2.24) is 0 Å². The van der Waals surface area contributed by atoms with E-state index in [-0.39, 0.29) is 12.2 Å². The molecule has 49 heavy (non-hydrogen) atoms. The first-order chi connectivity index (χ1) is 24.0. The summed E-state index contributed by atoms with van der Waals surface area (Å²) in [6.45, 7) is 12.1. The highest BCUT2D eigenvalue weighted by molar-refractivity contribution is 5.56. The first-order valence-corrected chi connectivity index (χ1v) is 17.7. The van der Waals surface area contributed by atoms with Crippen LogP contribution in [0.25, 0.3) is 0 Å². The second kappa shape index (κ2) is 17.1. The highest BCUT2D eigenvalue weighted by Crippen LogP contribution is 2.39. The minimum absolute atomic E-state index is 0.0101. The molecule has 0 fully saturated rings. The molecule has 7 heteroatoms. The number of rotatable bonds is 4. The Hall–Kier alpha value is -4.04. The molecule has 260 valence electrons. The van der Waals surface area contributed by atoms with Gasteiger partial charge in [-0.05, 0) is 72.2 Å². The normalized spacial score (nSPS) is 16.0. The molecule has 7 nitrogen and oxygen atoms in total. The third-order valence-corrected chi connectivity index (χ3v) is 8.64. The first-order valence-electron chi connectivity index (χ1n) is 17.7. The summed E-state index contributed by atoms with van der Waals surface area (Å²) in [5, 5.41) is 0. The van der Waals surface area contributed by atoms with Crippen LogP contribution < -0.4 is 18.9 Å². The highest BCUT2D eigenvalue weighted by atomic mass is 16.6. The molecule has 0 unspecified atom stereocenters. The predicted octanol–water partition coefficient (Wildman–Crippen LogP) is 7.76. The van der Waals surface area contributed by atoms with E-state index in [0.29, 0.717) is 78.5 Å². The molecule has 0 amide bonds. The van der Waals surface area contributed by atoms with Crippen molar-refractivity contribution < 1.29 is 33.2 Å². The lowest BCUT2D eigenvalue weighted by atomic mass is 9.91. The molecule has 4 aromatic carbocycles. The van der Waals surface area contributed by atoms with Gasteiger partial charge < -0.3 is 33.2 Å². The fourth-order valence-corrected chi connectivity index (χ4v) is 6.58. The van der Waals surface area contributed by atoms with Crippen LogP contribution >= 0.6 is 0 Å². The Labute approximate surface area is 291 Å². The fraction of sp³-hybridized carbons (Fsp3) is 0.429. The van der Waals surface area contributed by atoms with Gasteiger partial charge in [0, 0.05) is 25.7 Å². The third kappa shape index (κ3) is 9.15. The Morgan fingerprint density at radius 1 is 0.388 bits per heavy atom. The van der Waals surface area contributed by atoms with Crippen LogP contribution in [0.1, 0.15) is 72.2 Å². The summed E-state index contributed by atoms with van der Waals surface area (Å²) in [6.07, 6.45) is 2.65. The lowest BCUT2D eigenvalue weighted by molar-refractivity contribution is 0.00484. The Morgan fingerprint density at radius 2 is 0.653 bits per heavy atom. The molecule has 2 aliphatic rings. The van der Waals surface area contributed by atoms with Gasteiger partial charge in [-0.15, -0.1) is 0 Å². The van der Waals surface area contributed by atoms with E-state index in [9.17, 15) is 0 Å². The SMILES string of the molecule is CC(C)Oc1c2cccc1Cc1cccc3c1OCCOCCOCCOCCOc1c(cccc1Cc1cccc(c1OC(C)C)C3)C2. The van der Waals surface area contributed by atoms with Crippen molar-refractivity contribution in [3.8, 4) is 23.0 Å². The van der Waals surface area contributed by atoms with Gasteiger partial charge in [-0.2, -0.15) is 0 Å². The van der Waals surface area contributed by atoms with Crippen molar-refractivity contribution in [3.05, 3.63) is 117 Å². The number of hydrogen-bond acceptors (Lipinski definition) is 7. The average Bonchev–Trinajstić information content (AvgIpc) is 3.06. The lowest BCUT2D eigenvalue weighted by Gasteiger charge is -2.24. The van der Waals surface area contributed by atoms with Gasteiger partial charge in [-0.1, -0.05) is 72.8 Å². The molecule has 1 aliphatic heterocycles. The molecule has 6 rings (SSSR count). The highest BCUT2D eigenvalue weighted by Gasteiger charge is 2.22. The van der Waals surface area contributed by atoms with Crippen molar-refractivity contribution in [2.45, 2.75) is 65.6 Å². The quantitative estimate of drug-likeness (QED) is 0.194. The van der Waals surface area contributed by atoms with Crippen LogP contribution in [0.15, 0.2) is 72.8 Å². The Kier molecular flexibility index (Phi) is 12.1. The molecular weight excluding hydrogens is 616 g/mol. The Bertz CT molecular complexity index is 1470. The zero-order chi connectivity index (χ0) is 34.0. The van der Waals surface area contributed by atoms with Crippen LogP contribution in [0.3, 0.4) is 0 Å². The molecule has 0 aromatic heterocycles. The van der Waals surface area contributed by atoms with Crippen molar-refractivity contribution in [3.63, 3.8) is 0 Å². The monoisotopic (exact) mass is 666 g/mol. The maximum Gasteiger partial charge on any atom is 0.126 e. The van der Waals surface area contributed by atoms with E-state index in [0.717, 1.165) is 67.5 Å².